The van der Waals surface area contributed by atoms with Gasteiger partial charge in [0.05, 0.1) is 32.4 Å². The van der Waals surface area contributed by atoms with E-state index in [1.165, 1.54) is 0 Å². The summed E-state index contributed by atoms with van der Waals surface area (Å²) in [4.78, 5) is 7.54. The Bertz CT molecular complexity index is 626. The van der Waals surface area contributed by atoms with Gasteiger partial charge in [0.15, 0.2) is 0 Å². The molecular weight excluding hydrogens is 242 g/mol. The largest absolute Gasteiger partial charge is 0.497 e. The Balaban J connectivity index is 2.53. The highest BCUT2D eigenvalue weighted by Crippen LogP contribution is 2.34. The van der Waals surface area contributed by atoms with Gasteiger partial charge in [-0.15, -0.1) is 0 Å². The van der Waals surface area contributed by atoms with Crippen LogP contribution in [0.4, 0.5) is 0 Å². The maximum absolute atomic E-state index is 8.72. The molecule has 0 unspecified atom stereocenters. The Morgan fingerprint density at radius 3 is 2.74 bits per heavy atom. The zero-order valence-electron chi connectivity index (χ0n) is 11.2. The molecule has 0 saturated carbocycles. The van der Waals surface area contributed by atoms with Gasteiger partial charge in [0, 0.05) is 11.3 Å². The van der Waals surface area contributed by atoms with Crippen LogP contribution in [0.1, 0.15) is 11.5 Å². The zero-order valence-corrected chi connectivity index (χ0v) is 11.2. The molecule has 1 N–H and O–H groups in total. The summed E-state index contributed by atoms with van der Waals surface area (Å²) in [5.74, 6) is 2.11. The second kappa shape index (κ2) is 5.44. The van der Waals surface area contributed by atoms with Crippen molar-refractivity contribution in [2.45, 2.75) is 13.3 Å². The van der Waals surface area contributed by atoms with Crippen LogP contribution >= 0.6 is 0 Å². The van der Waals surface area contributed by atoms with Crippen LogP contribution in [0.3, 0.4) is 0 Å². The molecule has 0 atom stereocenters. The highest BCUT2D eigenvalue weighted by molar-refractivity contribution is 5.71. The lowest BCUT2D eigenvalue weighted by molar-refractivity contribution is 0.404. The van der Waals surface area contributed by atoms with E-state index in [2.05, 4.69) is 16.0 Å². The number of hydrogen-bond donors (Lipinski definition) is 1. The Hall–Kier alpha value is -2.48. The summed E-state index contributed by atoms with van der Waals surface area (Å²) in [6.07, 6.45) is 0.257. The molecule has 0 fully saturated rings. The van der Waals surface area contributed by atoms with Crippen LogP contribution < -0.4 is 9.47 Å². The molecule has 5 heteroatoms. The number of aromatic nitrogens is 2. The molecular formula is C14H15N3O2. The predicted molar refractivity (Wildman–Crippen MR) is 71.2 cm³/mol. The van der Waals surface area contributed by atoms with Gasteiger partial charge in [0.25, 0.3) is 0 Å². The van der Waals surface area contributed by atoms with Gasteiger partial charge in [-0.3, -0.25) is 0 Å². The first-order chi connectivity index (χ1) is 9.19. The minimum atomic E-state index is 0.257. The lowest BCUT2D eigenvalue weighted by atomic mass is 10.1. The lowest BCUT2D eigenvalue weighted by Crippen LogP contribution is -1.92. The summed E-state index contributed by atoms with van der Waals surface area (Å²) in [5.41, 5.74) is 2.53. The van der Waals surface area contributed by atoms with Crippen LogP contribution in [0, 0.1) is 18.3 Å². The number of ether oxygens (including phenoxy) is 2. The fourth-order valence-electron chi connectivity index (χ4n) is 1.94. The number of nitrogens with zero attached hydrogens (tertiary/aromatic N) is 2. The first kappa shape index (κ1) is 13.0. The summed E-state index contributed by atoms with van der Waals surface area (Å²) < 4.78 is 10.6. The summed E-state index contributed by atoms with van der Waals surface area (Å²) in [5, 5.41) is 8.72. The number of nitriles is 1. The molecule has 1 aromatic heterocycles. The molecule has 1 aromatic carbocycles. The molecule has 19 heavy (non-hydrogen) atoms. The summed E-state index contributed by atoms with van der Waals surface area (Å²) in [6, 6.07) is 7.62. The minimum absolute atomic E-state index is 0.257. The second-order valence-corrected chi connectivity index (χ2v) is 4.06. The molecule has 98 valence electrons. The molecule has 0 saturated heterocycles. The molecule has 0 aliphatic heterocycles. The van der Waals surface area contributed by atoms with Crippen LogP contribution in [0.2, 0.25) is 0 Å². The molecule has 2 rings (SSSR count). The van der Waals surface area contributed by atoms with E-state index in [1.54, 1.807) is 14.2 Å². The van der Waals surface area contributed by atoms with E-state index < -0.39 is 0 Å². The number of aryl methyl sites for hydroxylation is 1. The molecule has 0 radical (unpaired) electrons. The third-order valence-corrected chi connectivity index (χ3v) is 2.84. The van der Waals surface area contributed by atoms with Crippen molar-refractivity contribution >= 4 is 0 Å². The number of nitrogens with one attached hydrogen (secondary N) is 1. The van der Waals surface area contributed by atoms with Gasteiger partial charge >= 0.3 is 0 Å². The zero-order chi connectivity index (χ0) is 13.8. The topological polar surface area (TPSA) is 70.9 Å². The van der Waals surface area contributed by atoms with Gasteiger partial charge < -0.3 is 14.5 Å². The molecule has 1 heterocycles. The van der Waals surface area contributed by atoms with E-state index in [-0.39, 0.29) is 6.42 Å². The molecule has 0 aliphatic carbocycles. The van der Waals surface area contributed by atoms with Crippen molar-refractivity contribution in [2.24, 2.45) is 0 Å². The molecule has 0 amide bonds. The standard InChI is InChI=1S/C14H15N3O2/c1-9-14(17-13(16-9)6-7-15)11-8-10(18-2)4-5-12(11)19-3/h4-5,8H,6H2,1-3H3,(H,16,17). The van der Waals surface area contributed by atoms with Gasteiger partial charge in [0.1, 0.15) is 17.3 Å². The average molecular weight is 257 g/mol. The average Bonchev–Trinajstić information content (AvgIpc) is 2.79. The van der Waals surface area contributed by atoms with E-state index in [0.717, 1.165) is 28.5 Å². The highest BCUT2D eigenvalue weighted by Gasteiger charge is 2.14. The van der Waals surface area contributed by atoms with E-state index >= 15 is 0 Å². The summed E-state index contributed by atoms with van der Waals surface area (Å²) in [7, 11) is 3.23. The molecule has 0 bridgehead atoms. The normalized spacial score (nSPS) is 10.0. The molecule has 5 nitrogen and oxygen atoms in total. The molecule has 2 aromatic rings. The lowest BCUT2D eigenvalue weighted by Gasteiger charge is -2.09. The predicted octanol–water partition coefficient (Wildman–Crippen LogP) is 2.47. The fourth-order valence-corrected chi connectivity index (χ4v) is 1.94. The number of imidazole rings is 1. The van der Waals surface area contributed by atoms with E-state index in [4.69, 9.17) is 14.7 Å². The van der Waals surface area contributed by atoms with E-state index in [9.17, 15) is 0 Å². The maximum atomic E-state index is 8.72. The van der Waals surface area contributed by atoms with Crippen molar-refractivity contribution in [1.29, 1.82) is 5.26 Å². The maximum Gasteiger partial charge on any atom is 0.128 e. The van der Waals surface area contributed by atoms with Crippen LogP contribution in [0.25, 0.3) is 11.3 Å². The Morgan fingerprint density at radius 1 is 1.32 bits per heavy atom. The quantitative estimate of drug-likeness (QED) is 0.913. The number of rotatable bonds is 4. The van der Waals surface area contributed by atoms with E-state index in [1.807, 2.05) is 25.1 Å². The number of H-pyrrole nitrogens is 1. The van der Waals surface area contributed by atoms with Crippen LogP contribution in [-0.2, 0) is 6.42 Å². The number of aromatic amines is 1. The van der Waals surface area contributed by atoms with Crippen molar-refractivity contribution in [2.75, 3.05) is 14.2 Å². The van der Waals surface area contributed by atoms with Gasteiger partial charge in [-0.05, 0) is 25.1 Å². The van der Waals surface area contributed by atoms with Crippen molar-refractivity contribution in [3.8, 4) is 28.8 Å². The van der Waals surface area contributed by atoms with Crippen LogP contribution in [0.15, 0.2) is 18.2 Å². The Labute approximate surface area is 111 Å². The third-order valence-electron chi connectivity index (χ3n) is 2.84. The first-order valence-corrected chi connectivity index (χ1v) is 5.84. The van der Waals surface area contributed by atoms with Gasteiger partial charge in [-0.1, -0.05) is 0 Å². The van der Waals surface area contributed by atoms with Crippen molar-refractivity contribution < 1.29 is 9.47 Å². The monoisotopic (exact) mass is 257 g/mol. The number of hydrogen-bond acceptors (Lipinski definition) is 4. The SMILES string of the molecule is COc1ccc(OC)c(-c2nc(CC#N)[nH]c2C)c1. The third kappa shape index (κ3) is 2.52. The molecule has 0 aliphatic rings. The van der Waals surface area contributed by atoms with Crippen LogP contribution in [0.5, 0.6) is 11.5 Å². The fraction of sp³-hybridized carbons (Fsp3) is 0.286. The van der Waals surface area contributed by atoms with Crippen molar-refractivity contribution in [3.63, 3.8) is 0 Å². The summed E-state index contributed by atoms with van der Waals surface area (Å²) in [6.45, 7) is 1.92. The number of benzene rings is 1. The summed E-state index contributed by atoms with van der Waals surface area (Å²) >= 11 is 0. The first-order valence-electron chi connectivity index (χ1n) is 5.84. The second-order valence-electron chi connectivity index (χ2n) is 4.06. The van der Waals surface area contributed by atoms with Crippen molar-refractivity contribution in [3.05, 3.63) is 29.7 Å². The minimum Gasteiger partial charge on any atom is -0.497 e. The van der Waals surface area contributed by atoms with E-state index in [0.29, 0.717) is 5.82 Å². The molecule has 0 spiro atoms. The van der Waals surface area contributed by atoms with Gasteiger partial charge in [-0.25, -0.2) is 4.98 Å². The van der Waals surface area contributed by atoms with Gasteiger partial charge in [0.2, 0.25) is 0 Å². The number of methoxy groups -OCH3 is 2. The smallest absolute Gasteiger partial charge is 0.128 e. The Kier molecular flexibility index (Phi) is 3.71. The van der Waals surface area contributed by atoms with Gasteiger partial charge in [-0.2, -0.15) is 5.26 Å². The van der Waals surface area contributed by atoms with Crippen molar-refractivity contribution in [1.82, 2.24) is 9.97 Å². The van der Waals surface area contributed by atoms with Crippen LogP contribution in [-0.4, -0.2) is 24.2 Å². The highest BCUT2D eigenvalue weighted by atomic mass is 16.5. The Morgan fingerprint density at radius 2 is 2.11 bits per heavy atom.